The van der Waals surface area contributed by atoms with E-state index in [0.29, 0.717) is 35.8 Å². The maximum Gasteiger partial charge on any atom is 0.257 e. The van der Waals surface area contributed by atoms with E-state index < -0.39 is 0 Å². The van der Waals surface area contributed by atoms with Gasteiger partial charge in [-0.15, -0.1) is 0 Å². The van der Waals surface area contributed by atoms with E-state index >= 15 is 0 Å². The highest BCUT2D eigenvalue weighted by Crippen LogP contribution is 2.38. The Balaban J connectivity index is 1.37. The van der Waals surface area contributed by atoms with Crippen LogP contribution < -0.4 is 0 Å². The van der Waals surface area contributed by atoms with Gasteiger partial charge in [0.25, 0.3) is 5.91 Å². The minimum absolute atomic E-state index is 0.0740. The van der Waals surface area contributed by atoms with Crippen molar-refractivity contribution in [2.24, 2.45) is 11.8 Å². The molecule has 0 radical (unpaired) electrons. The minimum Gasteiger partial charge on any atom is -0.339 e. The lowest BCUT2D eigenvalue weighted by molar-refractivity contribution is -0.144. The summed E-state index contributed by atoms with van der Waals surface area (Å²) in [6, 6.07) is 10.2. The molecule has 0 N–H and O–H groups in total. The summed E-state index contributed by atoms with van der Waals surface area (Å²) in [5.74, 6) is 1.19. The molecule has 1 unspecified atom stereocenters. The van der Waals surface area contributed by atoms with Crippen molar-refractivity contribution >= 4 is 11.8 Å². The second-order valence-corrected chi connectivity index (χ2v) is 8.47. The second kappa shape index (κ2) is 6.76. The van der Waals surface area contributed by atoms with E-state index in [-0.39, 0.29) is 5.91 Å². The molecule has 3 aliphatic rings. The van der Waals surface area contributed by atoms with Crippen LogP contribution in [-0.2, 0) is 4.79 Å². The molecule has 6 nitrogen and oxygen atoms in total. The summed E-state index contributed by atoms with van der Waals surface area (Å²) in [4.78, 5) is 29.7. The van der Waals surface area contributed by atoms with E-state index in [1.54, 1.807) is 6.20 Å². The van der Waals surface area contributed by atoms with Gasteiger partial charge in [0.2, 0.25) is 5.91 Å². The molecule has 6 heteroatoms. The lowest BCUT2D eigenvalue weighted by atomic mass is 9.76. The number of benzene rings is 1. The van der Waals surface area contributed by atoms with Gasteiger partial charge in [-0.05, 0) is 50.2 Å². The molecule has 0 aliphatic carbocycles. The van der Waals surface area contributed by atoms with Crippen molar-refractivity contribution < 1.29 is 9.59 Å². The Morgan fingerprint density at radius 2 is 1.96 bits per heavy atom. The summed E-state index contributed by atoms with van der Waals surface area (Å²) in [7, 11) is 0. The Kier molecular flexibility index (Phi) is 4.22. The number of amides is 2. The number of para-hydroxylation sites is 1. The molecule has 2 amide bonds. The first-order valence-electron chi connectivity index (χ1n) is 10.3. The fraction of sp³-hybridized carbons (Fsp3) is 0.500. The van der Waals surface area contributed by atoms with Crippen LogP contribution >= 0.6 is 0 Å². The van der Waals surface area contributed by atoms with Crippen LogP contribution in [0.3, 0.4) is 0 Å². The summed E-state index contributed by atoms with van der Waals surface area (Å²) in [5.41, 5.74) is 2.52. The Morgan fingerprint density at radius 3 is 2.79 bits per heavy atom. The smallest absolute Gasteiger partial charge is 0.257 e. The molecule has 146 valence electrons. The van der Waals surface area contributed by atoms with Crippen molar-refractivity contribution in [3.05, 3.63) is 47.8 Å². The van der Waals surface area contributed by atoms with Crippen LogP contribution in [0, 0.1) is 18.8 Å². The van der Waals surface area contributed by atoms with Crippen molar-refractivity contribution in [3.8, 4) is 5.69 Å². The highest BCUT2D eigenvalue weighted by Gasteiger charge is 2.45. The number of rotatable bonds is 2. The molecule has 0 saturated carbocycles. The average molecular weight is 378 g/mol. The van der Waals surface area contributed by atoms with E-state index in [0.717, 1.165) is 50.3 Å². The van der Waals surface area contributed by atoms with Crippen molar-refractivity contribution in [3.63, 3.8) is 0 Å². The van der Waals surface area contributed by atoms with Gasteiger partial charge < -0.3 is 9.80 Å². The molecule has 3 atom stereocenters. The molecule has 1 aromatic heterocycles. The first-order valence-corrected chi connectivity index (χ1v) is 10.3. The van der Waals surface area contributed by atoms with Gasteiger partial charge in [-0.3, -0.25) is 9.59 Å². The maximum atomic E-state index is 13.3. The van der Waals surface area contributed by atoms with Crippen LogP contribution in [0.25, 0.3) is 5.69 Å². The lowest BCUT2D eigenvalue weighted by Crippen LogP contribution is -2.61. The summed E-state index contributed by atoms with van der Waals surface area (Å²) < 4.78 is 1.83. The zero-order chi connectivity index (χ0) is 19.3. The fourth-order valence-electron chi connectivity index (χ4n) is 5.40. The monoisotopic (exact) mass is 378 g/mol. The average Bonchev–Trinajstić information content (AvgIpc) is 3.10. The van der Waals surface area contributed by atoms with Gasteiger partial charge in [0.05, 0.1) is 23.1 Å². The van der Waals surface area contributed by atoms with Crippen LogP contribution in [0.15, 0.2) is 36.5 Å². The van der Waals surface area contributed by atoms with Crippen LogP contribution in [0.2, 0.25) is 0 Å². The van der Waals surface area contributed by atoms with Gasteiger partial charge in [-0.2, -0.15) is 5.10 Å². The number of carbonyl (C=O) groups excluding carboxylic acids is 2. The van der Waals surface area contributed by atoms with Crippen molar-refractivity contribution in [2.45, 2.75) is 38.6 Å². The van der Waals surface area contributed by atoms with Crippen LogP contribution in [0.4, 0.5) is 0 Å². The van der Waals surface area contributed by atoms with E-state index in [1.807, 2.05) is 46.8 Å². The van der Waals surface area contributed by atoms with Gasteiger partial charge in [-0.1, -0.05) is 18.2 Å². The number of hydrogen-bond donors (Lipinski definition) is 0. The molecule has 4 heterocycles. The Labute approximate surface area is 165 Å². The molecule has 3 saturated heterocycles. The van der Waals surface area contributed by atoms with E-state index in [1.165, 1.54) is 0 Å². The summed E-state index contributed by atoms with van der Waals surface area (Å²) in [5, 5.41) is 4.47. The number of piperidine rings is 3. The SMILES string of the molecule is Cc1c(C(=O)N2C[C@H]3C[C@@H](C2)C2CCCC(=O)N2C3)cnn1-c1ccccc1. The van der Waals surface area contributed by atoms with Crippen molar-refractivity contribution in [1.29, 1.82) is 0 Å². The molecule has 28 heavy (non-hydrogen) atoms. The number of carbonyl (C=O) groups is 2. The number of hydrogen-bond acceptors (Lipinski definition) is 3. The molecular weight excluding hydrogens is 352 g/mol. The Bertz CT molecular complexity index is 907. The quantitative estimate of drug-likeness (QED) is 0.807. The van der Waals surface area contributed by atoms with Crippen LogP contribution in [-0.4, -0.2) is 57.1 Å². The van der Waals surface area contributed by atoms with E-state index in [4.69, 9.17) is 0 Å². The molecule has 0 spiro atoms. The summed E-state index contributed by atoms with van der Waals surface area (Å²) in [6.07, 6.45) is 5.59. The second-order valence-electron chi connectivity index (χ2n) is 8.47. The first kappa shape index (κ1) is 17.5. The predicted octanol–water partition coefficient (Wildman–Crippen LogP) is 2.65. The molecular formula is C22H26N4O2. The lowest BCUT2D eigenvalue weighted by Gasteiger charge is -2.52. The third-order valence-corrected chi connectivity index (χ3v) is 6.71. The zero-order valence-electron chi connectivity index (χ0n) is 16.3. The normalized spacial score (nSPS) is 26.9. The molecule has 3 fully saturated rings. The maximum absolute atomic E-state index is 13.3. The number of likely N-dealkylation sites (tertiary alicyclic amines) is 1. The highest BCUT2D eigenvalue weighted by molar-refractivity contribution is 5.95. The molecule has 1 aromatic carbocycles. The number of fused-ring (bicyclic) bond motifs is 4. The van der Waals surface area contributed by atoms with Crippen molar-refractivity contribution in [2.75, 3.05) is 19.6 Å². The predicted molar refractivity (Wildman–Crippen MR) is 105 cm³/mol. The van der Waals surface area contributed by atoms with Gasteiger partial charge in [0, 0.05) is 32.1 Å². The van der Waals surface area contributed by atoms with E-state index in [9.17, 15) is 9.59 Å². The van der Waals surface area contributed by atoms with E-state index in [2.05, 4.69) is 10.00 Å². The summed E-state index contributed by atoms with van der Waals surface area (Å²) >= 11 is 0. The van der Waals surface area contributed by atoms with Gasteiger partial charge in [0.15, 0.2) is 0 Å². The zero-order valence-corrected chi connectivity index (χ0v) is 16.3. The summed E-state index contributed by atoms with van der Waals surface area (Å²) in [6.45, 7) is 4.26. The third-order valence-electron chi connectivity index (χ3n) is 6.71. The molecule has 2 aromatic rings. The molecule has 5 rings (SSSR count). The largest absolute Gasteiger partial charge is 0.339 e. The highest BCUT2D eigenvalue weighted by atomic mass is 16.2. The van der Waals surface area contributed by atoms with Gasteiger partial charge in [-0.25, -0.2) is 4.68 Å². The molecule has 3 aliphatic heterocycles. The van der Waals surface area contributed by atoms with Gasteiger partial charge >= 0.3 is 0 Å². The Hall–Kier alpha value is -2.63. The van der Waals surface area contributed by atoms with Crippen LogP contribution in [0.5, 0.6) is 0 Å². The van der Waals surface area contributed by atoms with Gasteiger partial charge in [0.1, 0.15) is 0 Å². The fourth-order valence-corrected chi connectivity index (χ4v) is 5.40. The molecule has 2 bridgehead atoms. The number of aromatic nitrogens is 2. The van der Waals surface area contributed by atoms with Crippen LogP contribution in [0.1, 0.15) is 41.7 Å². The topological polar surface area (TPSA) is 58.4 Å². The third kappa shape index (κ3) is 2.82. The standard InChI is InChI=1S/C22H26N4O2/c1-15-19(11-23-26(15)18-6-3-2-4-7-18)22(28)24-12-16-10-17(14-24)20-8-5-9-21(27)25(20)13-16/h2-4,6-7,11,16-17,20H,5,8-10,12-14H2,1H3/t16-,17+,20?/m1/s1. The first-order chi connectivity index (χ1) is 13.6. The number of nitrogens with zero attached hydrogens (tertiary/aromatic N) is 4. The Morgan fingerprint density at radius 1 is 1.14 bits per heavy atom. The van der Waals surface area contributed by atoms with Crippen molar-refractivity contribution in [1.82, 2.24) is 19.6 Å². The minimum atomic E-state index is 0.0740.